The highest BCUT2D eigenvalue weighted by molar-refractivity contribution is 9.08. The van der Waals surface area contributed by atoms with Crippen LogP contribution in [0.4, 0.5) is 0 Å². The van der Waals surface area contributed by atoms with Gasteiger partial charge in [0.15, 0.2) is 0 Å². The molecule has 13 heavy (non-hydrogen) atoms. The lowest BCUT2D eigenvalue weighted by Crippen LogP contribution is -2.13. The fourth-order valence-electron chi connectivity index (χ4n) is 1.11. The monoisotopic (exact) mass is 237 g/mol. The Morgan fingerprint density at radius 1 is 1.46 bits per heavy atom. The molecule has 0 amide bonds. The molecule has 0 heterocycles. The van der Waals surface area contributed by atoms with Crippen LogP contribution in [0.5, 0.6) is 0 Å². The van der Waals surface area contributed by atoms with E-state index in [1.165, 1.54) is 5.56 Å². The number of nitrogens with zero attached hydrogens (tertiary/aromatic N) is 1. The predicted molar refractivity (Wildman–Crippen MR) is 57.7 cm³/mol. The van der Waals surface area contributed by atoms with Crippen LogP contribution >= 0.6 is 15.9 Å². The molecule has 1 rings (SSSR count). The zero-order valence-electron chi connectivity index (χ0n) is 7.84. The minimum Gasteiger partial charge on any atom is -0.197 e. The summed E-state index contributed by atoms with van der Waals surface area (Å²) in [6.45, 7) is 3.86. The van der Waals surface area contributed by atoms with Crippen LogP contribution in [0, 0.1) is 11.3 Å². The van der Waals surface area contributed by atoms with Gasteiger partial charge in [-0.25, -0.2) is 0 Å². The van der Waals surface area contributed by atoms with E-state index in [1.54, 1.807) is 0 Å². The highest BCUT2D eigenvalue weighted by Crippen LogP contribution is 2.23. The van der Waals surface area contributed by atoms with Gasteiger partial charge in [-0.2, -0.15) is 5.26 Å². The second kappa shape index (κ2) is 3.93. The van der Waals surface area contributed by atoms with E-state index in [0.717, 1.165) is 10.9 Å². The molecule has 0 aliphatic carbocycles. The third-order valence-electron chi connectivity index (χ3n) is 2.08. The van der Waals surface area contributed by atoms with Crippen molar-refractivity contribution in [3.63, 3.8) is 0 Å². The summed E-state index contributed by atoms with van der Waals surface area (Å²) < 4.78 is 0. The Kier molecular flexibility index (Phi) is 3.11. The van der Waals surface area contributed by atoms with Crippen LogP contribution in [0.2, 0.25) is 0 Å². The molecule has 1 aromatic rings. The minimum atomic E-state index is -0.391. The van der Waals surface area contributed by atoms with Gasteiger partial charge in [0.05, 0.1) is 11.5 Å². The van der Waals surface area contributed by atoms with Crippen LogP contribution < -0.4 is 0 Å². The zero-order valence-corrected chi connectivity index (χ0v) is 9.43. The molecular formula is C11H12BrN. The second-order valence-corrected chi connectivity index (χ2v) is 4.13. The minimum absolute atomic E-state index is 0.391. The van der Waals surface area contributed by atoms with Crippen molar-refractivity contribution < 1.29 is 0 Å². The molecule has 0 radical (unpaired) electrons. The summed E-state index contributed by atoms with van der Waals surface area (Å²) in [5.74, 6) is 0. The first-order valence-electron chi connectivity index (χ1n) is 4.17. The van der Waals surface area contributed by atoms with E-state index in [4.69, 9.17) is 5.26 Å². The first-order valence-corrected chi connectivity index (χ1v) is 5.29. The number of nitriles is 1. The summed E-state index contributed by atoms with van der Waals surface area (Å²) in [7, 11) is 0. The fraction of sp³-hybridized carbons (Fsp3) is 0.364. The first-order chi connectivity index (χ1) is 6.10. The Balaban J connectivity index is 3.10. The largest absolute Gasteiger partial charge is 0.197 e. The van der Waals surface area contributed by atoms with Gasteiger partial charge < -0.3 is 0 Å². The maximum absolute atomic E-state index is 8.95. The van der Waals surface area contributed by atoms with E-state index in [2.05, 4.69) is 28.1 Å². The molecule has 0 unspecified atom stereocenters. The van der Waals surface area contributed by atoms with Crippen LogP contribution in [0.1, 0.15) is 25.0 Å². The van der Waals surface area contributed by atoms with Gasteiger partial charge >= 0.3 is 0 Å². The number of hydrogen-bond acceptors (Lipinski definition) is 1. The molecule has 0 atom stereocenters. The maximum atomic E-state index is 8.95. The Hall–Kier alpha value is -0.810. The third kappa shape index (κ3) is 2.32. The summed E-state index contributed by atoms with van der Waals surface area (Å²) >= 11 is 3.40. The summed E-state index contributed by atoms with van der Waals surface area (Å²) in [6.07, 6.45) is 0. The van der Waals surface area contributed by atoms with Crippen molar-refractivity contribution in [2.75, 3.05) is 0 Å². The lowest BCUT2D eigenvalue weighted by atomic mass is 9.86. The van der Waals surface area contributed by atoms with E-state index in [9.17, 15) is 0 Å². The topological polar surface area (TPSA) is 23.8 Å². The van der Waals surface area contributed by atoms with E-state index >= 15 is 0 Å². The molecule has 1 aromatic carbocycles. The number of alkyl halides is 1. The fourth-order valence-corrected chi connectivity index (χ4v) is 1.46. The predicted octanol–water partition coefficient (Wildman–Crippen LogP) is 3.38. The smallest absolute Gasteiger partial charge is 0.0766 e. The Morgan fingerprint density at radius 2 is 2.15 bits per heavy atom. The molecule has 2 heteroatoms. The summed E-state index contributed by atoms with van der Waals surface area (Å²) in [6, 6.07) is 10.4. The third-order valence-corrected chi connectivity index (χ3v) is 2.73. The number of halogens is 1. The average molecular weight is 238 g/mol. The standard InChI is InChI=1S/C11H12BrN/c1-11(2,8-13)10-5-3-4-9(6-10)7-12/h3-6H,7H2,1-2H3. The molecule has 0 saturated carbocycles. The number of rotatable bonds is 2. The van der Waals surface area contributed by atoms with Crippen molar-refractivity contribution in [3.8, 4) is 6.07 Å². The SMILES string of the molecule is CC(C)(C#N)c1cccc(CBr)c1. The van der Waals surface area contributed by atoms with E-state index < -0.39 is 5.41 Å². The average Bonchev–Trinajstić information content (AvgIpc) is 2.18. The molecular weight excluding hydrogens is 226 g/mol. The van der Waals surface area contributed by atoms with E-state index in [1.807, 2.05) is 32.0 Å². The van der Waals surface area contributed by atoms with Gasteiger partial charge in [0.1, 0.15) is 0 Å². The van der Waals surface area contributed by atoms with Gasteiger partial charge in [-0.05, 0) is 25.0 Å². The Labute approximate surface area is 87.5 Å². The lowest BCUT2D eigenvalue weighted by molar-refractivity contribution is 0.686. The molecule has 0 N–H and O–H groups in total. The first kappa shape index (κ1) is 10.3. The molecule has 0 aliphatic heterocycles. The summed E-state index contributed by atoms with van der Waals surface area (Å²) in [5.41, 5.74) is 1.89. The normalized spacial score (nSPS) is 10.9. The molecule has 0 fully saturated rings. The van der Waals surface area contributed by atoms with Gasteiger partial charge in [0.25, 0.3) is 0 Å². The van der Waals surface area contributed by atoms with Gasteiger partial charge in [-0.15, -0.1) is 0 Å². The molecule has 0 bridgehead atoms. The number of benzene rings is 1. The molecule has 68 valence electrons. The van der Waals surface area contributed by atoms with Crippen molar-refractivity contribution in [2.45, 2.75) is 24.6 Å². The second-order valence-electron chi connectivity index (χ2n) is 3.57. The van der Waals surface area contributed by atoms with Gasteiger partial charge in [0.2, 0.25) is 0 Å². The van der Waals surface area contributed by atoms with Gasteiger partial charge in [-0.3, -0.25) is 0 Å². The highest BCUT2D eigenvalue weighted by Gasteiger charge is 2.19. The molecule has 0 aromatic heterocycles. The van der Waals surface area contributed by atoms with Crippen molar-refractivity contribution in [1.82, 2.24) is 0 Å². The van der Waals surface area contributed by atoms with Crippen LogP contribution in [0.15, 0.2) is 24.3 Å². The molecule has 1 nitrogen and oxygen atoms in total. The zero-order chi connectivity index (χ0) is 9.90. The Bertz CT molecular complexity index is 336. The van der Waals surface area contributed by atoms with Crippen molar-refractivity contribution in [2.24, 2.45) is 0 Å². The van der Waals surface area contributed by atoms with Crippen LogP contribution in [-0.2, 0) is 10.7 Å². The molecule has 0 spiro atoms. The number of hydrogen-bond donors (Lipinski definition) is 0. The van der Waals surface area contributed by atoms with Crippen molar-refractivity contribution in [3.05, 3.63) is 35.4 Å². The molecule has 0 aliphatic rings. The Morgan fingerprint density at radius 3 is 2.69 bits per heavy atom. The summed E-state index contributed by atoms with van der Waals surface area (Å²) in [4.78, 5) is 0. The van der Waals surface area contributed by atoms with Gasteiger partial charge in [-0.1, -0.05) is 40.2 Å². The van der Waals surface area contributed by atoms with Crippen molar-refractivity contribution in [1.29, 1.82) is 5.26 Å². The van der Waals surface area contributed by atoms with Crippen LogP contribution in [-0.4, -0.2) is 0 Å². The summed E-state index contributed by atoms with van der Waals surface area (Å²) in [5, 5.41) is 9.79. The van der Waals surface area contributed by atoms with Crippen LogP contribution in [0.3, 0.4) is 0 Å². The van der Waals surface area contributed by atoms with E-state index in [-0.39, 0.29) is 0 Å². The van der Waals surface area contributed by atoms with Crippen molar-refractivity contribution >= 4 is 15.9 Å². The lowest BCUT2D eigenvalue weighted by Gasteiger charge is -2.16. The van der Waals surface area contributed by atoms with E-state index in [0.29, 0.717) is 0 Å². The highest BCUT2D eigenvalue weighted by atomic mass is 79.9. The van der Waals surface area contributed by atoms with Crippen LogP contribution in [0.25, 0.3) is 0 Å². The maximum Gasteiger partial charge on any atom is 0.0766 e. The van der Waals surface area contributed by atoms with Gasteiger partial charge in [0, 0.05) is 5.33 Å². The quantitative estimate of drug-likeness (QED) is 0.724. The molecule has 0 saturated heterocycles.